The van der Waals surface area contributed by atoms with Crippen LogP contribution in [0.4, 0.5) is 11.4 Å². The van der Waals surface area contributed by atoms with Crippen molar-refractivity contribution in [2.45, 2.75) is 30.1 Å². The Morgan fingerprint density at radius 3 is 2.26 bits per heavy atom. The van der Waals surface area contributed by atoms with E-state index in [9.17, 15) is 9.90 Å². The first-order valence-corrected chi connectivity index (χ1v) is 11.2. The molecule has 0 saturated carbocycles. The molecule has 1 aliphatic heterocycles. The van der Waals surface area contributed by atoms with Crippen LogP contribution in [0.1, 0.15) is 23.9 Å². The molecule has 4 rings (SSSR count). The fourth-order valence-electron chi connectivity index (χ4n) is 3.58. The van der Waals surface area contributed by atoms with E-state index in [1.165, 1.54) is 0 Å². The average Bonchev–Trinajstić information content (AvgIpc) is 2.78. The Kier molecular flexibility index (Phi) is 6.67. The molecule has 3 heterocycles. The Morgan fingerprint density at radius 1 is 1.10 bits per heavy atom. The molecule has 1 aliphatic rings. The molecule has 2 unspecified atom stereocenters. The van der Waals surface area contributed by atoms with Crippen molar-refractivity contribution < 1.29 is 19.4 Å². The molecule has 0 spiro atoms. The van der Waals surface area contributed by atoms with Gasteiger partial charge in [0.15, 0.2) is 6.10 Å². The fourth-order valence-corrected chi connectivity index (χ4v) is 4.47. The first-order valence-electron chi connectivity index (χ1n) is 9.98. The van der Waals surface area contributed by atoms with Gasteiger partial charge in [0.1, 0.15) is 5.75 Å². The van der Waals surface area contributed by atoms with Crippen LogP contribution in [0.2, 0.25) is 0 Å². The van der Waals surface area contributed by atoms with E-state index >= 15 is 0 Å². The number of aromatic nitrogens is 2. The number of carboxylic acid groups (broad SMARTS) is 1. The zero-order chi connectivity index (χ0) is 21.8. The number of hydrogen-bond acceptors (Lipinski definition) is 6. The molecule has 7 nitrogen and oxygen atoms in total. The minimum atomic E-state index is -0.959. The SMILES string of the molecule is CCOC(Cc1ccc(OC(I)N2c3cccnc3Cc3ncccc32)cc1)C(=O)O. The van der Waals surface area contributed by atoms with Crippen LogP contribution >= 0.6 is 22.6 Å². The third kappa shape index (κ3) is 4.80. The van der Waals surface area contributed by atoms with Crippen molar-refractivity contribution in [3.05, 3.63) is 77.9 Å². The molecule has 0 aliphatic carbocycles. The molecule has 1 N–H and O–H groups in total. The first-order chi connectivity index (χ1) is 15.1. The van der Waals surface area contributed by atoms with E-state index in [0.29, 0.717) is 25.2 Å². The first kappa shape index (κ1) is 21.5. The summed E-state index contributed by atoms with van der Waals surface area (Å²) < 4.78 is 11.2. The van der Waals surface area contributed by atoms with Gasteiger partial charge in [-0.05, 0) is 71.5 Å². The summed E-state index contributed by atoms with van der Waals surface area (Å²) in [6, 6.07) is 15.4. The third-order valence-electron chi connectivity index (χ3n) is 5.01. The molecular formula is C23H22IN3O4. The van der Waals surface area contributed by atoms with Gasteiger partial charge in [0.2, 0.25) is 4.23 Å². The standard InChI is InChI=1S/C23H22IN3O4/c1-2-30-21(22(28)29)13-15-7-9-16(10-8-15)31-23(24)27-19-5-3-11-25-17(19)14-18-20(27)6-4-12-26-18/h3-12,21,23H,2,13-14H2,1H3,(H,28,29). The van der Waals surface area contributed by atoms with E-state index in [2.05, 4.69) is 37.5 Å². The van der Waals surface area contributed by atoms with E-state index in [4.69, 9.17) is 9.47 Å². The fraction of sp³-hybridized carbons (Fsp3) is 0.261. The Bertz CT molecular complexity index is 1020. The van der Waals surface area contributed by atoms with Crippen LogP contribution in [-0.2, 0) is 22.4 Å². The number of anilines is 2. The maximum absolute atomic E-state index is 11.3. The van der Waals surface area contributed by atoms with Crippen molar-refractivity contribution >= 4 is 39.9 Å². The molecule has 2 aromatic heterocycles. The summed E-state index contributed by atoms with van der Waals surface area (Å²) in [5.41, 5.74) is 4.80. The maximum Gasteiger partial charge on any atom is 0.333 e. The van der Waals surface area contributed by atoms with E-state index in [1.54, 1.807) is 19.3 Å². The number of ether oxygens (including phenoxy) is 2. The number of alkyl halides is 1. The molecule has 1 aromatic carbocycles. The van der Waals surface area contributed by atoms with Crippen LogP contribution in [0.15, 0.2) is 60.9 Å². The second-order valence-electron chi connectivity index (χ2n) is 7.03. The van der Waals surface area contributed by atoms with Gasteiger partial charge in [-0.1, -0.05) is 12.1 Å². The number of halogens is 1. The zero-order valence-electron chi connectivity index (χ0n) is 16.9. The monoisotopic (exact) mass is 531 g/mol. The maximum atomic E-state index is 11.3. The summed E-state index contributed by atoms with van der Waals surface area (Å²) >= 11 is 2.26. The molecule has 31 heavy (non-hydrogen) atoms. The van der Waals surface area contributed by atoms with E-state index in [0.717, 1.165) is 28.3 Å². The van der Waals surface area contributed by atoms with Crippen molar-refractivity contribution in [3.8, 4) is 5.75 Å². The van der Waals surface area contributed by atoms with Gasteiger partial charge in [0.25, 0.3) is 0 Å². The van der Waals surface area contributed by atoms with Gasteiger partial charge in [-0.3, -0.25) is 14.9 Å². The Hall–Kier alpha value is -2.72. The molecule has 2 atom stereocenters. The second-order valence-corrected chi connectivity index (χ2v) is 8.09. The third-order valence-corrected chi connectivity index (χ3v) is 5.82. The highest BCUT2D eigenvalue weighted by Crippen LogP contribution is 2.39. The van der Waals surface area contributed by atoms with Gasteiger partial charge in [-0.2, -0.15) is 0 Å². The topological polar surface area (TPSA) is 84.8 Å². The lowest BCUT2D eigenvalue weighted by Gasteiger charge is -2.35. The summed E-state index contributed by atoms with van der Waals surface area (Å²) in [4.78, 5) is 22.5. The van der Waals surface area contributed by atoms with Gasteiger partial charge in [-0.25, -0.2) is 4.79 Å². The van der Waals surface area contributed by atoms with E-state index in [-0.39, 0.29) is 4.23 Å². The van der Waals surface area contributed by atoms with Crippen LogP contribution in [-0.4, -0.2) is 38.0 Å². The van der Waals surface area contributed by atoms with Crippen LogP contribution in [0.25, 0.3) is 0 Å². The van der Waals surface area contributed by atoms with Gasteiger partial charge in [0.05, 0.1) is 22.8 Å². The number of benzene rings is 1. The second kappa shape index (κ2) is 9.61. The molecule has 160 valence electrons. The molecule has 0 amide bonds. The normalized spacial score (nSPS) is 14.3. The van der Waals surface area contributed by atoms with Crippen LogP contribution in [0.5, 0.6) is 5.75 Å². The van der Waals surface area contributed by atoms with Crippen LogP contribution in [0.3, 0.4) is 0 Å². The number of carboxylic acids is 1. The predicted octanol–water partition coefficient (Wildman–Crippen LogP) is 4.35. The molecule has 3 aromatic rings. The van der Waals surface area contributed by atoms with Crippen molar-refractivity contribution in [1.29, 1.82) is 0 Å². The van der Waals surface area contributed by atoms with Crippen molar-refractivity contribution in [2.75, 3.05) is 11.5 Å². The largest absolute Gasteiger partial charge is 0.479 e. The van der Waals surface area contributed by atoms with Gasteiger partial charge in [-0.15, -0.1) is 0 Å². The number of rotatable bonds is 8. The number of aliphatic carboxylic acids is 1. The van der Waals surface area contributed by atoms with Gasteiger partial charge < -0.3 is 14.6 Å². The molecule has 8 heteroatoms. The minimum absolute atomic E-state index is 0.307. The Labute approximate surface area is 194 Å². The molecular weight excluding hydrogens is 509 g/mol. The Morgan fingerprint density at radius 2 is 1.71 bits per heavy atom. The van der Waals surface area contributed by atoms with Crippen molar-refractivity contribution in [3.63, 3.8) is 0 Å². The highest BCUT2D eigenvalue weighted by molar-refractivity contribution is 14.1. The number of hydrogen-bond donors (Lipinski definition) is 1. The highest BCUT2D eigenvalue weighted by Gasteiger charge is 2.29. The summed E-state index contributed by atoms with van der Waals surface area (Å²) in [6.45, 7) is 2.15. The Balaban J connectivity index is 1.53. The lowest BCUT2D eigenvalue weighted by molar-refractivity contribution is -0.149. The summed E-state index contributed by atoms with van der Waals surface area (Å²) in [5, 5.41) is 9.28. The zero-order valence-corrected chi connectivity index (χ0v) is 19.1. The van der Waals surface area contributed by atoms with Crippen molar-refractivity contribution in [1.82, 2.24) is 9.97 Å². The van der Waals surface area contributed by atoms with E-state index < -0.39 is 12.1 Å². The number of nitrogens with zero attached hydrogens (tertiary/aromatic N) is 3. The van der Waals surface area contributed by atoms with E-state index in [1.807, 2.05) is 48.5 Å². The lowest BCUT2D eigenvalue weighted by atomic mass is 10.1. The highest BCUT2D eigenvalue weighted by atomic mass is 127. The summed E-state index contributed by atoms with van der Waals surface area (Å²) in [7, 11) is 0. The number of carbonyl (C=O) groups is 1. The molecule has 0 saturated heterocycles. The molecule has 0 radical (unpaired) electrons. The molecule has 0 fully saturated rings. The van der Waals surface area contributed by atoms with Crippen LogP contribution < -0.4 is 9.64 Å². The predicted molar refractivity (Wildman–Crippen MR) is 125 cm³/mol. The number of fused-ring (bicyclic) bond motifs is 2. The summed E-state index contributed by atoms with van der Waals surface area (Å²) in [5.74, 6) is -0.271. The quantitative estimate of drug-likeness (QED) is 0.263. The van der Waals surface area contributed by atoms with Crippen LogP contribution in [0, 0.1) is 0 Å². The van der Waals surface area contributed by atoms with Gasteiger partial charge >= 0.3 is 5.97 Å². The van der Waals surface area contributed by atoms with Gasteiger partial charge in [0, 0.05) is 31.8 Å². The number of pyridine rings is 2. The smallest absolute Gasteiger partial charge is 0.333 e. The summed E-state index contributed by atoms with van der Waals surface area (Å²) in [6.07, 6.45) is 3.72. The van der Waals surface area contributed by atoms with Crippen molar-refractivity contribution in [2.24, 2.45) is 0 Å². The molecule has 0 bridgehead atoms. The minimum Gasteiger partial charge on any atom is -0.479 e. The average molecular weight is 531 g/mol. The lowest BCUT2D eigenvalue weighted by Crippen LogP contribution is -2.34.